The zero-order valence-electron chi connectivity index (χ0n) is 17.5. The minimum atomic E-state index is -4.55. The van der Waals surface area contributed by atoms with Crippen molar-refractivity contribution in [3.63, 3.8) is 0 Å². The summed E-state index contributed by atoms with van der Waals surface area (Å²) in [6.45, 7) is 6.81. The van der Waals surface area contributed by atoms with E-state index in [1.54, 1.807) is 24.0 Å². The lowest BCUT2D eigenvalue weighted by molar-refractivity contribution is -0.141. The van der Waals surface area contributed by atoms with Crippen LogP contribution in [0.15, 0.2) is 24.7 Å². The van der Waals surface area contributed by atoms with E-state index in [1.165, 1.54) is 10.9 Å². The van der Waals surface area contributed by atoms with Gasteiger partial charge in [-0.2, -0.15) is 28.5 Å². The van der Waals surface area contributed by atoms with Crippen molar-refractivity contribution in [3.05, 3.63) is 47.3 Å². The summed E-state index contributed by atoms with van der Waals surface area (Å²) in [4.78, 5) is 12.7. The van der Waals surface area contributed by atoms with E-state index in [0.717, 1.165) is 36.7 Å². The van der Waals surface area contributed by atoms with Crippen molar-refractivity contribution in [1.29, 1.82) is 0 Å². The minimum Gasteiger partial charge on any atom is -0.322 e. The molecule has 0 spiro atoms. The molecule has 1 amide bonds. The summed E-state index contributed by atoms with van der Waals surface area (Å²) in [5.74, 6) is -0.429. The third-order valence-electron chi connectivity index (χ3n) is 5.53. The van der Waals surface area contributed by atoms with Crippen LogP contribution in [0.4, 0.5) is 18.9 Å². The second-order valence-electron chi connectivity index (χ2n) is 7.83. The van der Waals surface area contributed by atoms with Gasteiger partial charge in [0.15, 0.2) is 5.69 Å². The molecule has 166 valence electrons. The highest BCUT2D eigenvalue weighted by atomic mass is 19.4. The monoisotopic (exact) mass is 435 g/mol. The van der Waals surface area contributed by atoms with Crippen molar-refractivity contribution in [2.45, 2.75) is 64.8 Å². The van der Waals surface area contributed by atoms with Crippen LogP contribution in [0, 0.1) is 6.92 Å². The largest absolute Gasteiger partial charge is 0.435 e. The van der Waals surface area contributed by atoms with E-state index in [2.05, 4.69) is 20.6 Å². The Balaban J connectivity index is 1.46. The molecule has 3 aromatic rings. The third kappa shape index (κ3) is 4.35. The number of aryl methyl sites for hydroxylation is 1. The Hall–Kier alpha value is -3.11. The Labute approximate surface area is 177 Å². The van der Waals surface area contributed by atoms with E-state index in [1.807, 2.05) is 18.5 Å². The van der Waals surface area contributed by atoms with Crippen LogP contribution in [0.2, 0.25) is 0 Å². The van der Waals surface area contributed by atoms with Gasteiger partial charge in [-0.05, 0) is 39.7 Å². The molecule has 1 saturated carbocycles. The summed E-state index contributed by atoms with van der Waals surface area (Å²) in [5, 5.41) is 15.0. The maximum atomic E-state index is 13.1. The summed E-state index contributed by atoms with van der Waals surface area (Å²) in [6.07, 6.45) is 2.04. The lowest BCUT2D eigenvalue weighted by Gasteiger charge is -2.15. The van der Waals surface area contributed by atoms with E-state index in [9.17, 15) is 18.0 Å². The first-order chi connectivity index (χ1) is 14.7. The molecule has 4 rings (SSSR count). The predicted octanol–water partition coefficient (Wildman–Crippen LogP) is 3.75. The molecule has 1 atom stereocenters. The molecule has 1 unspecified atom stereocenters. The van der Waals surface area contributed by atoms with Crippen molar-refractivity contribution in [1.82, 2.24) is 29.3 Å². The highest BCUT2D eigenvalue weighted by molar-refractivity contribution is 5.93. The number of amides is 1. The van der Waals surface area contributed by atoms with Gasteiger partial charge in [0.25, 0.3) is 0 Å². The maximum absolute atomic E-state index is 13.1. The van der Waals surface area contributed by atoms with Crippen molar-refractivity contribution < 1.29 is 18.0 Å². The zero-order valence-corrected chi connectivity index (χ0v) is 17.5. The van der Waals surface area contributed by atoms with Crippen LogP contribution in [-0.4, -0.2) is 35.2 Å². The zero-order chi connectivity index (χ0) is 22.3. The van der Waals surface area contributed by atoms with Gasteiger partial charge in [0.1, 0.15) is 6.04 Å². The molecule has 3 heterocycles. The molecular formula is C20H24F3N7O. The molecule has 31 heavy (non-hydrogen) atoms. The quantitative estimate of drug-likeness (QED) is 0.613. The van der Waals surface area contributed by atoms with Crippen LogP contribution >= 0.6 is 0 Å². The fraction of sp³-hybridized carbons (Fsp3) is 0.500. The fourth-order valence-corrected chi connectivity index (χ4v) is 3.55. The molecule has 0 radical (unpaired) electrons. The number of anilines is 1. The molecule has 3 aromatic heterocycles. The summed E-state index contributed by atoms with van der Waals surface area (Å²) in [5.41, 5.74) is 2.01. The van der Waals surface area contributed by atoms with Crippen molar-refractivity contribution >= 4 is 11.6 Å². The Morgan fingerprint density at radius 1 is 1.29 bits per heavy atom. The van der Waals surface area contributed by atoms with Gasteiger partial charge in [0, 0.05) is 35.6 Å². The molecule has 0 saturated heterocycles. The van der Waals surface area contributed by atoms with Crippen molar-refractivity contribution in [2.75, 3.05) is 5.32 Å². The summed E-state index contributed by atoms with van der Waals surface area (Å²) < 4.78 is 44.1. The van der Waals surface area contributed by atoms with E-state index < -0.39 is 23.8 Å². The Bertz CT molecular complexity index is 1090. The first-order valence-corrected chi connectivity index (χ1v) is 10.2. The van der Waals surface area contributed by atoms with Crippen LogP contribution in [0.1, 0.15) is 61.3 Å². The number of hydrogen-bond acceptors (Lipinski definition) is 4. The van der Waals surface area contributed by atoms with Crippen molar-refractivity contribution in [3.8, 4) is 0 Å². The second-order valence-corrected chi connectivity index (χ2v) is 7.83. The predicted molar refractivity (Wildman–Crippen MR) is 107 cm³/mol. The van der Waals surface area contributed by atoms with E-state index in [4.69, 9.17) is 0 Å². The minimum absolute atomic E-state index is 0.0221. The Morgan fingerprint density at radius 2 is 2.03 bits per heavy atom. The van der Waals surface area contributed by atoms with Gasteiger partial charge in [-0.1, -0.05) is 0 Å². The molecule has 1 fully saturated rings. The Morgan fingerprint density at radius 3 is 2.65 bits per heavy atom. The van der Waals surface area contributed by atoms with Gasteiger partial charge in [-0.3, -0.25) is 18.8 Å². The number of alkyl halides is 3. The number of nitrogens with one attached hydrogen (secondary N) is 1. The van der Waals surface area contributed by atoms with Crippen LogP contribution in [-0.2, 0) is 24.1 Å². The molecule has 1 N–H and O–H groups in total. The highest BCUT2D eigenvalue weighted by Crippen LogP contribution is 2.43. The molecular weight excluding hydrogens is 411 g/mol. The van der Waals surface area contributed by atoms with E-state index >= 15 is 0 Å². The molecule has 11 heteroatoms. The lowest BCUT2D eigenvalue weighted by atomic mass is 10.2. The highest BCUT2D eigenvalue weighted by Gasteiger charge is 2.39. The molecule has 1 aliphatic rings. The number of nitrogens with zero attached hydrogens (tertiary/aromatic N) is 6. The second kappa shape index (κ2) is 7.86. The summed E-state index contributed by atoms with van der Waals surface area (Å²) >= 11 is 0. The smallest absolute Gasteiger partial charge is 0.322 e. The molecule has 0 aliphatic heterocycles. The standard InChI is InChI=1S/C20H24F3N7O/c1-4-29-12(2)15(8-25-29)10-28-11-16(9-24-28)26-19(31)13(3)30-17(14-5-6-14)7-18(27-30)20(21,22)23/h7-9,11,13-14H,4-6,10H2,1-3H3,(H,26,31). The van der Waals surface area contributed by atoms with E-state index in [0.29, 0.717) is 17.9 Å². The lowest BCUT2D eigenvalue weighted by Crippen LogP contribution is -2.26. The fourth-order valence-electron chi connectivity index (χ4n) is 3.55. The first kappa shape index (κ1) is 21.1. The van der Waals surface area contributed by atoms with Gasteiger partial charge >= 0.3 is 6.18 Å². The van der Waals surface area contributed by atoms with Crippen LogP contribution in [0.5, 0.6) is 0 Å². The third-order valence-corrected chi connectivity index (χ3v) is 5.53. The van der Waals surface area contributed by atoms with E-state index in [-0.39, 0.29) is 5.92 Å². The van der Waals surface area contributed by atoms with Crippen LogP contribution < -0.4 is 5.32 Å². The maximum Gasteiger partial charge on any atom is 0.435 e. The average molecular weight is 435 g/mol. The molecule has 1 aliphatic carbocycles. The number of aromatic nitrogens is 6. The number of hydrogen-bond donors (Lipinski definition) is 1. The van der Waals surface area contributed by atoms with Gasteiger partial charge in [-0.15, -0.1) is 0 Å². The molecule has 0 bridgehead atoms. The summed E-state index contributed by atoms with van der Waals surface area (Å²) in [7, 11) is 0. The normalized spacial score (nSPS) is 15.3. The number of rotatable bonds is 7. The number of halogens is 3. The van der Waals surface area contributed by atoms with Gasteiger partial charge in [0.2, 0.25) is 5.91 Å². The van der Waals surface area contributed by atoms with Gasteiger partial charge in [-0.25, -0.2) is 0 Å². The summed E-state index contributed by atoms with van der Waals surface area (Å²) in [6, 6.07) is 0.165. The van der Waals surface area contributed by atoms with Crippen LogP contribution in [0.3, 0.4) is 0 Å². The molecule has 0 aromatic carbocycles. The van der Waals surface area contributed by atoms with Gasteiger partial charge < -0.3 is 5.32 Å². The number of carbonyl (C=O) groups excluding carboxylic acids is 1. The van der Waals surface area contributed by atoms with Gasteiger partial charge in [0.05, 0.1) is 24.6 Å². The molecule has 8 nitrogen and oxygen atoms in total. The Kier molecular flexibility index (Phi) is 5.36. The number of carbonyl (C=O) groups is 1. The SMILES string of the molecule is CCn1ncc(Cn2cc(NC(=O)C(C)n3nc(C(F)(F)F)cc3C3CC3)cn2)c1C. The van der Waals surface area contributed by atoms with Crippen molar-refractivity contribution in [2.24, 2.45) is 0 Å². The topological polar surface area (TPSA) is 82.6 Å². The average Bonchev–Trinajstić information content (AvgIpc) is 3.14. The first-order valence-electron chi connectivity index (χ1n) is 10.2. The van der Waals surface area contributed by atoms with Crippen LogP contribution in [0.25, 0.3) is 0 Å².